The number of phenolic OH excluding ortho intramolecular Hbond substituents is 2. The Hall–Kier alpha value is -3.51. The van der Waals surface area contributed by atoms with Crippen LogP contribution in [0.25, 0.3) is 22.3 Å². The molecule has 0 spiro atoms. The van der Waals surface area contributed by atoms with Crippen molar-refractivity contribution in [1.82, 2.24) is 0 Å². The van der Waals surface area contributed by atoms with Crippen molar-refractivity contribution in [2.24, 2.45) is 0 Å². The van der Waals surface area contributed by atoms with E-state index < -0.39 is 90.3 Å². The van der Waals surface area contributed by atoms with Crippen molar-refractivity contribution in [3.63, 3.8) is 0 Å². The van der Waals surface area contributed by atoms with Crippen LogP contribution in [0.1, 0.15) is 6.92 Å². The van der Waals surface area contributed by atoms with Crippen molar-refractivity contribution >= 4 is 11.0 Å². The number of hydrogen-bond acceptors (Lipinski definition) is 15. The zero-order valence-electron chi connectivity index (χ0n) is 21.9. The number of benzene rings is 2. The zero-order chi connectivity index (χ0) is 30.5. The van der Waals surface area contributed by atoms with Crippen LogP contribution in [0.4, 0.5) is 0 Å². The van der Waals surface area contributed by atoms with Crippen LogP contribution >= 0.6 is 0 Å². The molecule has 2 saturated heterocycles. The molecule has 42 heavy (non-hydrogen) atoms. The van der Waals surface area contributed by atoms with Crippen molar-refractivity contribution in [2.45, 2.75) is 68.3 Å². The Morgan fingerprint density at radius 1 is 0.786 bits per heavy atom. The van der Waals surface area contributed by atoms with Crippen LogP contribution in [0, 0.1) is 0 Å². The maximum absolute atomic E-state index is 13.7. The smallest absolute Gasteiger partial charge is 0.239 e. The van der Waals surface area contributed by atoms with E-state index in [1.807, 2.05) is 0 Å². The largest absolute Gasteiger partial charge is 0.508 e. The number of rotatable bonds is 6. The topological polar surface area (TPSA) is 249 Å². The number of hydrogen-bond donors (Lipinski definition) is 9. The highest BCUT2D eigenvalue weighted by molar-refractivity contribution is 5.88. The highest BCUT2D eigenvalue weighted by Gasteiger charge is 2.46. The van der Waals surface area contributed by atoms with Crippen LogP contribution < -0.4 is 14.9 Å². The summed E-state index contributed by atoms with van der Waals surface area (Å²) >= 11 is 0. The fraction of sp³-hybridized carbons (Fsp3) is 0.444. The van der Waals surface area contributed by atoms with Gasteiger partial charge >= 0.3 is 0 Å². The minimum absolute atomic E-state index is 0.112. The highest BCUT2D eigenvalue weighted by atomic mass is 16.7. The van der Waals surface area contributed by atoms with Crippen LogP contribution in [0.5, 0.6) is 23.0 Å². The predicted octanol–water partition coefficient (Wildman–Crippen LogP) is -1.74. The molecule has 10 atom stereocenters. The molecule has 5 rings (SSSR count). The predicted molar refractivity (Wildman–Crippen MR) is 139 cm³/mol. The van der Waals surface area contributed by atoms with Crippen molar-refractivity contribution in [3.05, 3.63) is 46.6 Å². The average molecular weight is 595 g/mol. The zero-order valence-corrected chi connectivity index (χ0v) is 21.9. The minimum atomic E-state index is -1.87. The van der Waals surface area contributed by atoms with Crippen LogP contribution in [-0.2, 0) is 9.47 Å². The molecule has 0 aliphatic carbocycles. The minimum Gasteiger partial charge on any atom is -0.508 e. The summed E-state index contributed by atoms with van der Waals surface area (Å²) in [6.45, 7) is 0.702. The van der Waals surface area contributed by atoms with Gasteiger partial charge in [-0.05, 0) is 31.2 Å². The molecule has 2 aromatic carbocycles. The number of aromatic hydroxyl groups is 2. The van der Waals surface area contributed by atoms with E-state index >= 15 is 0 Å². The van der Waals surface area contributed by atoms with Gasteiger partial charge in [-0.1, -0.05) is 0 Å². The van der Waals surface area contributed by atoms with Gasteiger partial charge in [0.1, 0.15) is 70.9 Å². The second-order valence-electron chi connectivity index (χ2n) is 10.1. The number of ether oxygens (including phenoxy) is 4. The lowest BCUT2D eigenvalue weighted by atomic mass is 9.99. The molecule has 1 aromatic heterocycles. The van der Waals surface area contributed by atoms with Crippen molar-refractivity contribution < 1.29 is 69.3 Å². The number of phenols is 2. The number of aliphatic hydroxyl groups is 7. The molecule has 0 unspecified atom stereocenters. The Morgan fingerprint density at radius 3 is 2.05 bits per heavy atom. The summed E-state index contributed by atoms with van der Waals surface area (Å²) < 4.78 is 28.0. The monoisotopic (exact) mass is 594 g/mol. The Labute approximate surface area is 236 Å². The SMILES string of the molecule is C[C@@H]1O[C@H](Oc2cc(O)c3c(=O)c(O[C@@H]4O[C@@H](CO)[C@@H](O)[C@@H](O)[C@@H]4O)c(-c4ccc(O)cc4)oc3c2)[C@H](O)[C@H](O)[C@H]1O. The molecular formula is C27H30O15. The van der Waals surface area contributed by atoms with Crippen molar-refractivity contribution in [2.75, 3.05) is 6.61 Å². The van der Waals surface area contributed by atoms with Crippen LogP contribution in [0.3, 0.4) is 0 Å². The quantitative estimate of drug-likeness (QED) is 0.154. The van der Waals surface area contributed by atoms with Gasteiger partial charge in [0.15, 0.2) is 5.76 Å². The number of fused-ring (bicyclic) bond motifs is 1. The average Bonchev–Trinajstić information content (AvgIpc) is 2.96. The maximum Gasteiger partial charge on any atom is 0.239 e. The summed E-state index contributed by atoms with van der Waals surface area (Å²) in [6.07, 6.45) is -15.5. The van der Waals surface area contributed by atoms with Gasteiger partial charge in [0.05, 0.1) is 12.7 Å². The van der Waals surface area contributed by atoms with Gasteiger partial charge in [0, 0.05) is 17.7 Å². The molecule has 0 radical (unpaired) electrons. The molecule has 0 amide bonds. The summed E-state index contributed by atoms with van der Waals surface area (Å²) in [7, 11) is 0. The first-order chi connectivity index (χ1) is 19.9. The van der Waals surface area contributed by atoms with E-state index in [0.717, 1.165) is 6.07 Å². The van der Waals surface area contributed by atoms with Gasteiger partial charge in [-0.25, -0.2) is 0 Å². The summed E-state index contributed by atoms with van der Waals surface area (Å²) in [5, 5.41) is 90.7. The second-order valence-corrected chi connectivity index (χ2v) is 10.1. The first kappa shape index (κ1) is 30.0. The van der Waals surface area contributed by atoms with E-state index in [1.54, 1.807) is 0 Å². The van der Waals surface area contributed by atoms with Gasteiger partial charge < -0.3 is 69.3 Å². The molecule has 2 aliphatic rings. The van der Waals surface area contributed by atoms with Crippen molar-refractivity contribution in [1.29, 1.82) is 0 Å². The first-order valence-electron chi connectivity index (χ1n) is 12.9. The lowest BCUT2D eigenvalue weighted by Gasteiger charge is -2.39. The molecule has 15 heteroatoms. The molecule has 9 N–H and O–H groups in total. The third-order valence-electron chi connectivity index (χ3n) is 7.18. The van der Waals surface area contributed by atoms with E-state index in [2.05, 4.69) is 0 Å². The van der Waals surface area contributed by atoms with Gasteiger partial charge in [-0.2, -0.15) is 0 Å². The first-order valence-corrected chi connectivity index (χ1v) is 12.9. The summed E-state index contributed by atoms with van der Waals surface area (Å²) in [5.41, 5.74) is -1.01. The molecule has 2 aliphatic heterocycles. The third kappa shape index (κ3) is 5.37. The summed E-state index contributed by atoms with van der Waals surface area (Å²) in [6, 6.07) is 7.53. The van der Waals surface area contributed by atoms with E-state index in [4.69, 9.17) is 23.4 Å². The Morgan fingerprint density at radius 2 is 1.40 bits per heavy atom. The molecule has 2 fully saturated rings. The molecule has 228 valence electrons. The Kier molecular flexibility index (Phi) is 8.30. The normalized spacial score (nSPS) is 33.4. The highest BCUT2D eigenvalue weighted by Crippen LogP contribution is 2.38. The molecule has 0 bridgehead atoms. The molecular weight excluding hydrogens is 564 g/mol. The lowest BCUT2D eigenvalue weighted by Crippen LogP contribution is -2.60. The van der Waals surface area contributed by atoms with E-state index in [-0.39, 0.29) is 28.4 Å². The standard InChI is InChI=1S/C27H30O15/c1-9-17(31)20(34)22(36)26(38-9)39-12-6-13(30)16-14(7-12)40-24(10-2-4-11(29)5-3-10)25(19(16)33)42-27-23(37)21(35)18(32)15(8-28)41-27/h2-7,9,15,17-18,20-23,26-32,34-37H,8H2,1H3/t9-,15-,17-,18+,20+,21+,22+,23-,26+,27-/m0/s1. The van der Waals surface area contributed by atoms with Crippen LogP contribution in [-0.4, -0.2) is 114 Å². The van der Waals surface area contributed by atoms with E-state index in [1.165, 1.54) is 37.3 Å². The molecule has 15 nitrogen and oxygen atoms in total. The Bertz CT molecular complexity index is 1470. The lowest BCUT2D eigenvalue weighted by molar-refractivity contribution is -0.277. The fourth-order valence-electron chi connectivity index (χ4n) is 4.76. The van der Waals surface area contributed by atoms with Gasteiger partial charge in [-0.15, -0.1) is 0 Å². The number of aliphatic hydroxyl groups excluding tert-OH is 7. The summed E-state index contributed by atoms with van der Waals surface area (Å²) in [4.78, 5) is 13.7. The van der Waals surface area contributed by atoms with Gasteiger partial charge in [0.25, 0.3) is 0 Å². The van der Waals surface area contributed by atoms with E-state index in [9.17, 15) is 50.8 Å². The van der Waals surface area contributed by atoms with Crippen LogP contribution in [0.2, 0.25) is 0 Å². The van der Waals surface area contributed by atoms with Gasteiger partial charge in [-0.3, -0.25) is 4.79 Å². The van der Waals surface area contributed by atoms with Gasteiger partial charge in [0.2, 0.25) is 23.8 Å². The second kappa shape index (κ2) is 11.6. The third-order valence-corrected chi connectivity index (χ3v) is 7.18. The fourth-order valence-corrected chi connectivity index (χ4v) is 4.76. The maximum atomic E-state index is 13.7. The molecule has 3 heterocycles. The Balaban J connectivity index is 1.58. The molecule has 0 saturated carbocycles. The molecule has 3 aromatic rings. The summed E-state index contributed by atoms with van der Waals surface area (Å²) in [5.74, 6) is -1.77. The van der Waals surface area contributed by atoms with E-state index in [0.29, 0.717) is 0 Å². The van der Waals surface area contributed by atoms with Crippen molar-refractivity contribution in [3.8, 4) is 34.3 Å². The van der Waals surface area contributed by atoms with Crippen LogP contribution in [0.15, 0.2) is 45.6 Å².